The minimum Gasteiger partial charge on any atom is -0.339 e. The molecule has 0 spiro atoms. The summed E-state index contributed by atoms with van der Waals surface area (Å²) >= 11 is 4.45. The first kappa shape index (κ1) is 10.5. The van der Waals surface area contributed by atoms with E-state index in [-0.39, 0.29) is 10.7 Å². The van der Waals surface area contributed by atoms with E-state index in [0.29, 0.717) is 5.69 Å². The van der Waals surface area contributed by atoms with Gasteiger partial charge in [-0.3, -0.25) is 9.48 Å². The molecule has 1 aliphatic heterocycles. The largest absolute Gasteiger partial charge is 0.339 e. The van der Waals surface area contributed by atoms with E-state index in [1.54, 1.807) is 9.58 Å². The van der Waals surface area contributed by atoms with Crippen molar-refractivity contribution in [1.29, 1.82) is 0 Å². The Hall–Kier alpha value is -0.970. The van der Waals surface area contributed by atoms with Crippen LogP contribution in [0.15, 0.2) is 6.07 Å². The van der Waals surface area contributed by atoms with Crippen molar-refractivity contribution in [3.63, 3.8) is 0 Å². The fourth-order valence-corrected chi connectivity index (χ4v) is 1.71. The number of fused-ring (bicyclic) bond motifs is 1. The van der Waals surface area contributed by atoms with Gasteiger partial charge in [0.2, 0.25) is 0 Å². The Bertz CT molecular complexity index is 405. The maximum atomic E-state index is 11.8. The van der Waals surface area contributed by atoms with Gasteiger partial charge < -0.3 is 4.90 Å². The van der Waals surface area contributed by atoms with Crippen LogP contribution in [-0.2, 0) is 11.3 Å². The highest BCUT2D eigenvalue weighted by atomic mass is 32.1. The van der Waals surface area contributed by atoms with E-state index in [0.717, 1.165) is 18.8 Å². The molecule has 0 radical (unpaired) electrons. The number of likely N-dealkylation sites (N-methyl/N-ethyl adjacent to an activating group) is 1. The van der Waals surface area contributed by atoms with Crippen LogP contribution in [0.2, 0.25) is 0 Å². The monoisotopic (exact) mass is 225 g/mol. The summed E-state index contributed by atoms with van der Waals surface area (Å²) in [7, 11) is 1.81. The second-order valence-corrected chi connectivity index (χ2v) is 5.54. The molecule has 82 valence electrons. The molecule has 2 heterocycles. The number of rotatable bonds is 1. The van der Waals surface area contributed by atoms with Crippen LogP contribution in [0.5, 0.6) is 0 Å². The SMILES string of the molecule is CN1CCn2nc(C(C)(C)S)cc2C1=O. The lowest BCUT2D eigenvalue weighted by atomic mass is 10.1. The Morgan fingerprint density at radius 1 is 1.47 bits per heavy atom. The third kappa shape index (κ3) is 1.76. The first-order valence-corrected chi connectivity index (χ1v) is 5.40. The standard InChI is InChI=1S/C10H15N3OS/c1-10(2,15)8-6-7-9(14)12(3)4-5-13(7)11-8/h6,15H,4-5H2,1-3H3. The van der Waals surface area contributed by atoms with Gasteiger partial charge in [-0.05, 0) is 19.9 Å². The Kier molecular flexibility index (Phi) is 2.30. The van der Waals surface area contributed by atoms with Gasteiger partial charge in [-0.25, -0.2) is 0 Å². The molecule has 0 aliphatic carbocycles. The molecule has 0 saturated heterocycles. The second-order valence-electron chi connectivity index (χ2n) is 4.42. The van der Waals surface area contributed by atoms with Crippen molar-refractivity contribution in [2.75, 3.05) is 13.6 Å². The van der Waals surface area contributed by atoms with Crippen LogP contribution >= 0.6 is 12.6 Å². The van der Waals surface area contributed by atoms with Gasteiger partial charge in [-0.15, -0.1) is 0 Å². The lowest BCUT2D eigenvalue weighted by Gasteiger charge is -2.22. The topological polar surface area (TPSA) is 38.1 Å². The van der Waals surface area contributed by atoms with Crippen LogP contribution in [0, 0.1) is 0 Å². The minimum absolute atomic E-state index is 0.0394. The summed E-state index contributed by atoms with van der Waals surface area (Å²) in [5, 5.41) is 4.40. The molecule has 1 amide bonds. The zero-order valence-corrected chi connectivity index (χ0v) is 10.1. The summed E-state index contributed by atoms with van der Waals surface area (Å²) in [5.74, 6) is 0.0394. The van der Waals surface area contributed by atoms with Gasteiger partial charge in [-0.2, -0.15) is 17.7 Å². The Morgan fingerprint density at radius 3 is 2.73 bits per heavy atom. The molecule has 1 aliphatic rings. The van der Waals surface area contributed by atoms with Crippen LogP contribution in [0.4, 0.5) is 0 Å². The molecule has 0 N–H and O–H groups in total. The molecule has 15 heavy (non-hydrogen) atoms. The quantitative estimate of drug-likeness (QED) is 0.728. The molecular weight excluding hydrogens is 210 g/mol. The third-order valence-corrected chi connectivity index (χ3v) is 2.85. The van der Waals surface area contributed by atoms with Crippen LogP contribution in [0.25, 0.3) is 0 Å². The van der Waals surface area contributed by atoms with Gasteiger partial charge in [-0.1, -0.05) is 0 Å². The molecule has 1 aromatic heterocycles. The summed E-state index contributed by atoms with van der Waals surface area (Å²) in [5.41, 5.74) is 1.52. The fraction of sp³-hybridized carbons (Fsp3) is 0.600. The van der Waals surface area contributed by atoms with Crippen molar-refractivity contribution >= 4 is 18.5 Å². The fourth-order valence-electron chi connectivity index (χ4n) is 1.60. The van der Waals surface area contributed by atoms with E-state index in [2.05, 4.69) is 17.7 Å². The van der Waals surface area contributed by atoms with Crippen LogP contribution in [0.3, 0.4) is 0 Å². The summed E-state index contributed by atoms with van der Waals surface area (Å²) in [4.78, 5) is 13.5. The summed E-state index contributed by atoms with van der Waals surface area (Å²) < 4.78 is 1.47. The lowest BCUT2D eigenvalue weighted by molar-refractivity contribution is 0.0742. The van der Waals surface area contributed by atoms with E-state index in [1.165, 1.54) is 0 Å². The number of carbonyl (C=O) groups is 1. The van der Waals surface area contributed by atoms with E-state index in [1.807, 2.05) is 27.0 Å². The van der Waals surface area contributed by atoms with Gasteiger partial charge >= 0.3 is 0 Å². The molecule has 0 unspecified atom stereocenters. The smallest absolute Gasteiger partial charge is 0.271 e. The molecule has 0 bridgehead atoms. The number of amides is 1. The number of aromatic nitrogens is 2. The predicted molar refractivity (Wildman–Crippen MR) is 61.2 cm³/mol. The molecule has 4 nitrogen and oxygen atoms in total. The number of thiol groups is 1. The predicted octanol–water partition coefficient (Wildman–Crippen LogP) is 1.13. The van der Waals surface area contributed by atoms with Gasteiger partial charge in [0.15, 0.2) is 0 Å². The van der Waals surface area contributed by atoms with Gasteiger partial charge in [0.25, 0.3) is 5.91 Å². The number of nitrogens with zero attached hydrogens (tertiary/aromatic N) is 3. The van der Waals surface area contributed by atoms with E-state index in [4.69, 9.17) is 0 Å². The highest BCUT2D eigenvalue weighted by Gasteiger charge is 2.27. The summed E-state index contributed by atoms with van der Waals surface area (Å²) in [6, 6.07) is 1.84. The number of hydrogen-bond donors (Lipinski definition) is 1. The average molecular weight is 225 g/mol. The Labute approximate surface area is 94.7 Å². The van der Waals surface area contributed by atoms with E-state index in [9.17, 15) is 4.79 Å². The van der Waals surface area contributed by atoms with Crippen molar-refractivity contribution in [3.8, 4) is 0 Å². The maximum absolute atomic E-state index is 11.8. The van der Waals surface area contributed by atoms with Gasteiger partial charge in [0.05, 0.1) is 17.0 Å². The second kappa shape index (κ2) is 3.27. The molecule has 0 fully saturated rings. The van der Waals surface area contributed by atoms with Crippen LogP contribution in [0.1, 0.15) is 30.0 Å². The van der Waals surface area contributed by atoms with Crippen molar-refractivity contribution < 1.29 is 4.79 Å². The van der Waals surface area contributed by atoms with E-state index >= 15 is 0 Å². The Morgan fingerprint density at radius 2 is 2.13 bits per heavy atom. The van der Waals surface area contributed by atoms with Crippen molar-refractivity contribution in [2.24, 2.45) is 0 Å². The lowest BCUT2D eigenvalue weighted by Crippen LogP contribution is -2.37. The highest BCUT2D eigenvalue weighted by Crippen LogP contribution is 2.27. The van der Waals surface area contributed by atoms with Crippen molar-refractivity contribution in [2.45, 2.75) is 25.1 Å². The average Bonchev–Trinajstić information content (AvgIpc) is 2.55. The third-order valence-electron chi connectivity index (χ3n) is 2.62. The summed E-state index contributed by atoms with van der Waals surface area (Å²) in [6.45, 7) is 5.43. The minimum atomic E-state index is -0.302. The Balaban J connectivity index is 2.44. The van der Waals surface area contributed by atoms with E-state index < -0.39 is 0 Å². The van der Waals surface area contributed by atoms with Crippen LogP contribution < -0.4 is 0 Å². The maximum Gasteiger partial charge on any atom is 0.271 e. The number of carbonyl (C=O) groups excluding carboxylic acids is 1. The van der Waals surface area contributed by atoms with Crippen LogP contribution in [-0.4, -0.2) is 34.2 Å². The summed E-state index contributed by atoms with van der Waals surface area (Å²) in [6.07, 6.45) is 0. The highest BCUT2D eigenvalue weighted by molar-refractivity contribution is 7.81. The molecule has 0 aromatic carbocycles. The van der Waals surface area contributed by atoms with Gasteiger partial charge in [0.1, 0.15) is 5.69 Å². The zero-order valence-electron chi connectivity index (χ0n) is 9.19. The molecule has 5 heteroatoms. The molecular formula is C10H15N3OS. The first-order chi connectivity index (χ1) is 6.89. The molecule has 2 rings (SSSR count). The zero-order chi connectivity index (χ0) is 11.2. The number of hydrogen-bond acceptors (Lipinski definition) is 3. The molecule has 1 aromatic rings. The first-order valence-electron chi connectivity index (χ1n) is 4.96. The molecule has 0 atom stereocenters. The normalized spacial score (nSPS) is 16.8. The van der Waals surface area contributed by atoms with Crippen molar-refractivity contribution in [1.82, 2.24) is 14.7 Å². The molecule has 0 saturated carbocycles. The van der Waals surface area contributed by atoms with Crippen molar-refractivity contribution in [3.05, 3.63) is 17.5 Å². The van der Waals surface area contributed by atoms with Gasteiger partial charge in [0, 0.05) is 13.6 Å².